The third kappa shape index (κ3) is 6.13. The Hall–Kier alpha value is -2.80. The molecule has 0 atom stereocenters. The number of amides is 1. The number of aryl methyl sites for hydroxylation is 1. The predicted octanol–water partition coefficient (Wildman–Crippen LogP) is 3.45. The largest absolute Gasteiger partial charge is 0.355 e. The number of benzene rings is 1. The number of Topliss-reactive ketones (excluding diaryl/α,β-unsaturated/α-hetero) is 1. The molecule has 2 heterocycles. The van der Waals surface area contributed by atoms with E-state index in [1.165, 1.54) is 42.8 Å². The molecule has 1 amide bonds. The van der Waals surface area contributed by atoms with Crippen LogP contribution in [0.2, 0.25) is 0 Å². The van der Waals surface area contributed by atoms with E-state index in [2.05, 4.69) is 10.6 Å². The molecular formula is C25H32FN3O3. The molecule has 0 radical (unpaired) electrons. The van der Waals surface area contributed by atoms with Gasteiger partial charge in [-0.3, -0.25) is 14.4 Å². The van der Waals surface area contributed by atoms with Crippen LogP contribution in [-0.2, 0) is 6.54 Å². The highest BCUT2D eigenvalue weighted by atomic mass is 19.1. The summed E-state index contributed by atoms with van der Waals surface area (Å²) in [4.78, 5) is 38.0. The molecule has 0 saturated carbocycles. The lowest BCUT2D eigenvalue weighted by Crippen LogP contribution is -2.32. The molecule has 3 rings (SSSR count). The summed E-state index contributed by atoms with van der Waals surface area (Å²) in [5.41, 5.74) is 1.01. The number of halogens is 1. The van der Waals surface area contributed by atoms with Gasteiger partial charge in [0.25, 0.3) is 11.5 Å². The van der Waals surface area contributed by atoms with Crippen molar-refractivity contribution in [1.29, 1.82) is 0 Å². The number of piperidine rings is 1. The maximum atomic E-state index is 13.6. The second-order valence-corrected chi connectivity index (χ2v) is 8.60. The highest BCUT2D eigenvalue weighted by molar-refractivity contribution is 6.00. The van der Waals surface area contributed by atoms with E-state index in [0.29, 0.717) is 17.5 Å². The average molecular weight is 442 g/mol. The third-order valence-corrected chi connectivity index (χ3v) is 6.18. The van der Waals surface area contributed by atoms with Crippen molar-refractivity contribution < 1.29 is 14.0 Å². The molecule has 1 aliphatic heterocycles. The monoisotopic (exact) mass is 441 g/mol. The predicted molar refractivity (Wildman–Crippen MR) is 123 cm³/mol. The smallest absolute Gasteiger partial charge is 0.263 e. The van der Waals surface area contributed by atoms with Gasteiger partial charge in [0, 0.05) is 25.2 Å². The fraction of sp³-hybridized carbons (Fsp3) is 0.480. The molecule has 1 aromatic heterocycles. The number of unbranched alkanes of at least 4 members (excludes halogenated alkanes) is 1. The van der Waals surface area contributed by atoms with Crippen LogP contribution < -0.4 is 16.2 Å². The molecule has 6 nitrogen and oxygen atoms in total. The molecule has 0 bridgehead atoms. The minimum Gasteiger partial charge on any atom is -0.355 e. The number of nitrogens with one attached hydrogen (secondary N) is 2. The van der Waals surface area contributed by atoms with Gasteiger partial charge in [0.05, 0.1) is 6.54 Å². The first-order valence-corrected chi connectivity index (χ1v) is 11.3. The zero-order chi connectivity index (χ0) is 23.1. The van der Waals surface area contributed by atoms with Crippen molar-refractivity contribution in [2.75, 3.05) is 20.1 Å². The highest BCUT2D eigenvalue weighted by Crippen LogP contribution is 2.20. The second-order valence-electron chi connectivity index (χ2n) is 8.60. The zero-order valence-electron chi connectivity index (χ0n) is 18.9. The van der Waals surface area contributed by atoms with E-state index in [1.807, 2.05) is 0 Å². The van der Waals surface area contributed by atoms with E-state index in [9.17, 15) is 18.8 Å². The van der Waals surface area contributed by atoms with Crippen molar-refractivity contribution in [3.8, 4) is 0 Å². The Morgan fingerprint density at radius 3 is 2.62 bits per heavy atom. The van der Waals surface area contributed by atoms with E-state index in [-0.39, 0.29) is 23.7 Å². The Balaban J connectivity index is 1.74. The Kier molecular flexibility index (Phi) is 8.33. The minimum atomic E-state index is -0.528. The van der Waals surface area contributed by atoms with Gasteiger partial charge in [0.2, 0.25) is 0 Å². The van der Waals surface area contributed by atoms with Crippen molar-refractivity contribution in [2.24, 2.45) is 5.92 Å². The number of hydrogen-bond acceptors (Lipinski definition) is 4. The van der Waals surface area contributed by atoms with E-state index in [1.54, 1.807) is 19.1 Å². The Labute approximate surface area is 188 Å². The van der Waals surface area contributed by atoms with Crippen LogP contribution in [-0.4, -0.2) is 36.4 Å². The summed E-state index contributed by atoms with van der Waals surface area (Å²) in [6.45, 7) is 3.95. The fourth-order valence-electron chi connectivity index (χ4n) is 4.24. The molecule has 0 unspecified atom stereocenters. The average Bonchev–Trinajstić information content (AvgIpc) is 2.80. The molecule has 0 spiro atoms. The van der Waals surface area contributed by atoms with Gasteiger partial charge in [-0.1, -0.05) is 25.0 Å². The van der Waals surface area contributed by atoms with E-state index in [0.717, 1.165) is 43.8 Å². The molecule has 1 fully saturated rings. The first-order valence-electron chi connectivity index (χ1n) is 11.3. The SMILES string of the molecule is CNC(=O)c1cc(C(=O)CCCCC2CCNCC2)cn(Cc2ccc(F)c(C)c2)c1=O. The molecule has 7 heteroatoms. The van der Waals surface area contributed by atoms with Gasteiger partial charge < -0.3 is 15.2 Å². The molecule has 1 aromatic carbocycles. The standard InChI is InChI=1S/C25H32FN3O3/c1-17-13-19(7-8-22(17)26)15-29-16-20(14-21(25(29)32)24(31)27-2)23(30)6-4-3-5-18-9-11-28-12-10-18/h7-8,13-14,16,18,28H,3-6,9-12,15H2,1-2H3,(H,27,31). The summed E-state index contributed by atoms with van der Waals surface area (Å²) < 4.78 is 15.0. The van der Waals surface area contributed by atoms with E-state index < -0.39 is 11.5 Å². The van der Waals surface area contributed by atoms with Gasteiger partial charge in [-0.2, -0.15) is 0 Å². The topological polar surface area (TPSA) is 80.2 Å². The van der Waals surface area contributed by atoms with Crippen LogP contribution in [0.15, 0.2) is 35.3 Å². The number of ketones is 1. The van der Waals surface area contributed by atoms with Gasteiger partial charge in [-0.15, -0.1) is 0 Å². The zero-order valence-corrected chi connectivity index (χ0v) is 18.9. The van der Waals surface area contributed by atoms with Crippen LogP contribution >= 0.6 is 0 Å². The van der Waals surface area contributed by atoms with Gasteiger partial charge in [0.1, 0.15) is 11.4 Å². The summed E-state index contributed by atoms with van der Waals surface area (Å²) in [6.07, 6.45) is 7.19. The van der Waals surface area contributed by atoms with Crippen LogP contribution in [0.1, 0.15) is 70.4 Å². The number of rotatable bonds is 9. The van der Waals surface area contributed by atoms with E-state index in [4.69, 9.17) is 0 Å². The summed E-state index contributed by atoms with van der Waals surface area (Å²) >= 11 is 0. The molecule has 0 aliphatic carbocycles. The highest BCUT2D eigenvalue weighted by Gasteiger charge is 2.18. The number of carbonyl (C=O) groups is 2. The number of hydrogen-bond donors (Lipinski definition) is 2. The van der Waals surface area contributed by atoms with Crippen LogP contribution in [0.5, 0.6) is 0 Å². The number of nitrogens with zero attached hydrogens (tertiary/aromatic N) is 1. The Morgan fingerprint density at radius 2 is 1.94 bits per heavy atom. The normalized spacial score (nSPS) is 14.3. The summed E-state index contributed by atoms with van der Waals surface area (Å²) in [7, 11) is 1.45. The Morgan fingerprint density at radius 1 is 1.19 bits per heavy atom. The minimum absolute atomic E-state index is 0.0631. The maximum absolute atomic E-state index is 13.6. The Bertz CT molecular complexity index is 1030. The molecule has 2 N–H and O–H groups in total. The number of pyridine rings is 1. The van der Waals surface area contributed by atoms with Crippen LogP contribution in [0, 0.1) is 18.7 Å². The van der Waals surface area contributed by atoms with Crippen molar-refractivity contribution in [3.05, 3.63) is 68.9 Å². The van der Waals surface area contributed by atoms with Crippen LogP contribution in [0.25, 0.3) is 0 Å². The third-order valence-electron chi connectivity index (χ3n) is 6.18. The molecular weight excluding hydrogens is 409 g/mol. The number of carbonyl (C=O) groups excluding carboxylic acids is 2. The lowest BCUT2D eigenvalue weighted by atomic mass is 9.92. The molecule has 32 heavy (non-hydrogen) atoms. The first kappa shape index (κ1) is 23.9. The quantitative estimate of drug-likeness (QED) is 0.461. The van der Waals surface area contributed by atoms with Gasteiger partial charge in [-0.25, -0.2) is 4.39 Å². The van der Waals surface area contributed by atoms with Crippen molar-refractivity contribution in [1.82, 2.24) is 15.2 Å². The van der Waals surface area contributed by atoms with Crippen molar-refractivity contribution in [3.63, 3.8) is 0 Å². The maximum Gasteiger partial charge on any atom is 0.263 e. The fourth-order valence-corrected chi connectivity index (χ4v) is 4.24. The summed E-state index contributed by atoms with van der Waals surface area (Å²) in [5, 5.41) is 5.83. The van der Waals surface area contributed by atoms with Gasteiger partial charge in [-0.05, 0) is 68.5 Å². The first-order chi connectivity index (χ1) is 15.4. The summed E-state index contributed by atoms with van der Waals surface area (Å²) in [5.74, 6) is -0.197. The van der Waals surface area contributed by atoms with Crippen molar-refractivity contribution >= 4 is 11.7 Å². The second kappa shape index (κ2) is 11.2. The summed E-state index contributed by atoms with van der Waals surface area (Å²) in [6, 6.07) is 6.01. The van der Waals surface area contributed by atoms with Crippen LogP contribution in [0.3, 0.4) is 0 Å². The van der Waals surface area contributed by atoms with Crippen molar-refractivity contribution in [2.45, 2.75) is 52.0 Å². The lowest BCUT2D eigenvalue weighted by molar-refractivity contribution is 0.0961. The number of aromatic nitrogens is 1. The molecule has 2 aromatic rings. The van der Waals surface area contributed by atoms with Gasteiger partial charge >= 0.3 is 0 Å². The van der Waals surface area contributed by atoms with Gasteiger partial charge in [0.15, 0.2) is 5.78 Å². The lowest BCUT2D eigenvalue weighted by Gasteiger charge is -2.22. The van der Waals surface area contributed by atoms with Crippen LogP contribution in [0.4, 0.5) is 4.39 Å². The molecule has 1 aliphatic rings. The molecule has 172 valence electrons. The molecule has 1 saturated heterocycles. The van der Waals surface area contributed by atoms with E-state index >= 15 is 0 Å².